The van der Waals surface area contributed by atoms with Crippen LogP contribution in [-0.4, -0.2) is 27.7 Å². The number of nitro benzene ring substituents is 1. The van der Waals surface area contributed by atoms with Crippen molar-refractivity contribution >= 4 is 17.3 Å². The predicted octanol–water partition coefficient (Wildman–Crippen LogP) is 2.06. The minimum absolute atomic E-state index is 0.0171. The van der Waals surface area contributed by atoms with Crippen molar-refractivity contribution in [2.75, 3.05) is 12.4 Å². The summed E-state index contributed by atoms with van der Waals surface area (Å²) in [5.74, 6) is -1.000. The first-order valence-corrected chi connectivity index (χ1v) is 7.74. The van der Waals surface area contributed by atoms with Gasteiger partial charge in [-0.3, -0.25) is 19.4 Å². The van der Waals surface area contributed by atoms with Crippen molar-refractivity contribution in [1.29, 1.82) is 0 Å². The van der Waals surface area contributed by atoms with Crippen LogP contribution in [0.15, 0.2) is 57.8 Å². The summed E-state index contributed by atoms with van der Waals surface area (Å²) in [5, 5.41) is 17.3. The summed E-state index contributed by atoms with van der Waals surface area (Å²) in [4.78, 5) is 34.8. The number of carbonyl (C=O) groups excluding carboxylic acids is 1. The van der Waals surface area contributed by atoms with Gasteiger partial charge in [-0.2, -0.15) is 0 Å². The summed E-state index contributed by atoms with van der Waals surface area (Å²) in [6.07, 6.45) is 0. The van der Waals surface area contributed by atoms with Crippen LogP contribution in [0.1, 0.15) is 0 Å². The van der Waals surface area contributed by atoms with Crippen molar-refractivity contribution in [3.8, 4) is 17.1 Å². The molecule has 10 nitrogen and oxygen atoms in total. The van der Waals surface area contributed by atoms with Crippen molar-refractivity contribution < 1.29 is 19.0 Å². The van der Waals surface area contributed by atoms with Gasteiger partial charge in [0.05, 0.1) is 18.1 Å². The van der Waals surface area contributed by atoms with E-state index in [1.807, 2.05) is 0 Å². The van der Waals surface area contributed by atoms with Crippen LogP contribution in [0.25, 0.3) is 11.4 Å². The Morgan fingerprint density at radius 2 is 2.04 bits per heavy atom. The highest BCUT2D eigenvalue weighted by Crippen LogP contribution is 2.29. The Morgan fingerprint density at radius 1 is 1.30 bits per heavy atom. The molecular weight excluding hydrogens is 356 g/mol. The fourth-order valence-corrected chi connectivity index (χ4v) is 2.43. The van der Waals surface area contributed by atoms with Crippen molar-refractivity contribution in [2.24, 2.45) is 0 Å². The Hall–Kier alpha value is -3.95. The Bertz CT molecular complexity index is 1040. The molecule has 3 aromatic rings. The van der Waals surface area contributed by atoms with Gasteiger partial charge in [-0.05, 0) is 12.1 Å². The highest BCUT2D eigenvalue weighted by molar-refractivity contribution is 5.93. The van der Waals surface area contributed by atoms with Gasteiger partial charge < -0.3 is 10.1 Å². The highest BCUT2D eigenvalue weighted by Gasteiger charge is 2.20. The zero-order valence-corrected chi connectivity index (χ0v) is 14.1. The third-order valence-corrected chi connectivity index (χ3v) is 3.70. The van der Waals surface area contributed by atoms with Crippen LogP contribution >= 0.6 is 0 Å². The zero-order chi connectivity index (χ0) is 19.4. The molecule has 0 aliphatic rings. The molecule has 1 amide bonds. The van der Waals surface area contributed by atoms with Gasteiger partial charge in [-0.15, -0.1) is 0 Å². The second-order valence-electron chi connectivity index (χ2n) is 5.41. The molecule has 0 saturated carbocycles. The molecule has 0 aliphatic heterocycles. The predicted molar refractivity (Wildman–Crippen MR) is 94.5 cm³/mol. The van der Waals surface area contributed by atoms with E-state index in [1.54, 1.807) is 30.3 Å². The van der Waals surface area contributed by atoms with Gasteiger partial charge in [0, 0.05) is 5.56 Å². The first-order chi connectivity index (χ1) is 13.0. The van der Waals surface area contributed by atoms with Gasteiger partial charge in [0.1, 0.15) is 18.0 Å². The topological polar surface area (TPSA) is 130 Å². The van der Waals surface area contributed by atoms with Gasteiger partial charge >= 0.3 is 5.76 Å². The number of nitrogens with one attached hydrogen (secondary N) is 1. The molecule has 0 unspecified atom stereocenters. The van der Waals surface area contributed by atoms with E-state index in [-0.39, 0.29) is 22.9 Å². The lowest BCUT2D eigenvalue weighted by atomic mass is 10.2. The number of hydrogen-bond donors (Lipinski definition) is 1. The van der Waals surface area contributed by atoms with E-state index in [4.69, 9.17) is 4.74 Å². The van der Waals surface area contributed by atoms with E-state index in [1.165, 1.54) is 25.3 Å². The summed E-state index contributed by atoms with van der Waals surface area (Å²) in [5.41, 5.74) is 0.242. The van der Waals surface area contributed by atoms with Crippen molar-refractivity contribution in [3.63, 3.8) is 0 Å². The quantitative estimate of drug-likeness (QED) is 0.519. The summed E-state index contributed by atoms with van der Waals surface area (Å²) >= 11 is 0. The lowest BCUT2D eigenvalue weighted by Gasteiger charge is -2.08. The van der Waals surface area contributed by atoms with E-state index in [9.17, 15) is 19.7 Å². The number of carbonyl (C=O) groups is 1. The molecule has 0 spiro atoms. The average molecular weight is 370 g/mol. The van der Waals surface area contributed by atoms with Gasteiger partial charge in [0.15, 0.2) is 5.82 Å². The van der Waals surface area contributed by atoms with Crippen molar-refractivity contribution in [2.45, 2.75) is 6.54 Å². The highest BCUT2D eigenvalue weighted by atomic mass is 16.6. The maximum Gasteiger partial charge on any atom is 0.442 e. The number of nitro groups is 1. The fraction of sp³-hybridized carbons (Fsp3) is 0.118. The van der Waals surface area contributed by atoms with Crippen LogP contribution in [0.4, 0.5) is 11.4 Å². The lowest BCUT2D eigenvalue weighted by Crippen LogP contribution is -2.25. The smallest absolute Gasteiger partial charge is 0.442 e. The molecule has 0 fully saturated rings. The Labute approximate surface area is 152 Å². The number of methoxy groups -OCH3 is 1. The molecule has 3 rings (SSSR count). The maximum atomic E-state index is 12.4. The summed E-state index contributed by atoms with van der Waals surface area (Å²) in [7, 11) is 1.38. The molecule has 1 aromatic heterocycles. The molecule has 0 bridgehead atoms. The van der Waals surface area contributed by atoms with E-state index >= 15 is 0 Å². The second kappa shape index (κ2) is 7.52. The summed E-state index contributed by atoms with van der Waals surface area (Å²) in [6.45, 7) is -0.421. The summed E-state index contributed by atoms with van der Waals surface area (Å²) < 4.78 is 10.6. The van der Waals surface area contributed by atoms with E-state index < -0.39 is 23.1 Å². The van der Waals surface area contributed by atoms with E-state index in [0.717, 1.165) is 4.57 Å². The first-order valence-electron chi connectivity index (χ1n) is 7.74. The Morgan fingerprint density at radius 3 is 2.70 bits per heavy atom. The fourth-order valence-electron chi connectivity index (χ4n) is 2.43. The molecule has 1 N–H and O–H groups in total. The largest absolute Gasteiger partial charge is 0.496 e. The zero-order valence-electron chi connectivity index (χ0n) is 14.1. The maximum absolute atomic E-state index is 12.4. The number of benzene rings is 2. The molecule has 0 radical (unpaired) electrons. The lowest BCUT2D eigenvalue weighted by molar-refractivity contribution is -0.384. The van der Waals surface area contributed by atoms with Crippen molar-refractivity contribution in [1.82, 2.24) is 9.72 Å². The SMILES string of the molecule is COc1ccc(NC(=O)Cn2c(-c3ccccc3)noc2=O)c([N+](=O)[O-])c1. The molecule has 0 atom stereocenters. The van der Waals surface area contributed by atoms with E-state index in [2.05, 4.69) is 15.0 Å². The molecular formula is C17H14N4O6. The number of anilines is 1. The third-order valence-electron chi connectivity index (χ3n) is 3.70. The normalized spacial score (nSPS) is 10.4. The summed E-state index contributed by atoms with van der Waals surface area (Å²) in [6, 6.07) is 12.7. The second-order valence-corrected chi connectivity index (χ2v) is 5.41. The minimum atomic E-state index is -0.812. The van der Waals surface area contributed by atoms with Crippen molar-refractivity contribution in [3.05, 3.63) is 69.2 Å². The number of nitrogens with zero attached hydrogens (tertiary/aromatic N) is 3. The third kappa shape index (κ3) is 3.84. The molecule has 2 aromatic carbocycles. The van der Waals surface area contributed by atoms with Crippen LogP contribution < -0.4 is 15.8 Å². The number of rotatable bonds is 6. The van der Waals surface area contributed by atoms with Gasteiger partial charge in [0.2, 0.25) is 5.91 Å². The molecule has 0 aliphatic carbocycles. The monoisotopic (exact) mass is 370 g/mol. The van der Waals surface area contributed by atoms with Gasteiger partial charge in [-0.25, -0.2) is 9.36 Å². The number of ether oxygens (including phenoxy) is 1. The first kappa shape index (κ1) is 17.9. The molecule has 27 heavy (non-hydrogen) atoms. The van der Waals surface area contributed by atoms with Gasteiger partial charge in [-0.1, -0.05) is 35.5 Å². The Balaban J connectivity index is 1.85. The minimum Gasteiger partial charge on any atom is -0.496 e. The van der Waals surface area contributed by atoms with Crippen LogP contribution in [0.5, 0.6) is 5.75 Å². The van der Waals surface area contributed by atoms with Crippen LogP contribution in [0.3, 0.4) is 0 Å². The van der Waals surface area contributed by atoms with Crippen LogP contribution in [0.2, 0.25) is 0 Å². The van der Waals surface area contributed by atoms with Crippen LogP contribution in [-0.2, 0) is 11.3 Å². The number of amides is 1. The molecule has 0 saturated heterocycles. The van der Waals surface area contributed by atoms with E-state index in [0.29, 0.717) is 5.56 Å². The molecule has 10 heteroatoms. The molecule has 138 valence electrons. The average Bonchev–Trinajstić information content (AvgIpc) is 3.03. The van der Waals surface area contributed by atoms with Crippen LogP contribution in [0, 0.1) is 10.1 Å². The number of aromatic nitrogens is 2. The standard InChI is InChI=1S/C17H14N4O6/c1-26-12-7-8-13(14(9-12)21(24)25)18-15(22)10-20-16(19-27-17(20)23)11-5-3-2-4-6-11/h2-9H,10H2,1H3,(H,18,22). The molecule has 1 heterocycles. The van der Waals surface area contributed by atoms with Gasteiger partial charge in [0.25, 0.3) is 5.69 Å². The number of hydrogen-bond acceptors (Lipinski definition) is 7. The Kier molecular flexibility index (Phi) is 4.97.